The fourth-order valence-electron chi connectivity index (χ4n) is 1.98. The molecule has 1 aromatic carbocycles. The van der Waals surface area contributed by atoms with Crippen LogP contribution >= 0.6 is 15.9 Å². The number of rotatable bonds is 2. The third-order valence-electron chi connectivity index (χ3n) is 3.04. The Morgan fingerprint density at radius 2 is 2.29 bits per heavy atom. The van der Waals surface area contributed by atoms with Gasteiger partial charge in [0, 0.05) is 11.0 Å². The Balaban J connectivity index is 2.07. The van der Waals surface area contributed by atoms with Gasteiger partial charge in [0.2, 0.25) is 5.91 Å². The second kappa shape index (κ2) is 5.14. The fraction of sp³-hybridized carbons (Fsp3) is 0.417. The lowest BCUT2D eigenvalue weighted by atomic mass is 9.97. The number of nitrogens with one attached hydrogen (secondary N) is 2. The summed E-state index contributed by atoms with van der Waals surface area (Å²) in [6.45, 7) is 3.51. The highest BCUT2D eigenvalue weighted by molar-refractivity contribution is 9.10. The second-order valence-electron chi connectivity index (χ2n) is 4.36. The summed E-state index contributed by atoms with van der Waals surface area (Å²) in [5.74, 6) is -0.346. The molecule has 0 aromatic heterocycles. The van der Waals surface area contributed by atoms with E-state index in [0.717, 1.165) is 6.54 Å². The van der Waals surface area contributed by atoms with Crippen molar-refractivity contribution >= 4 is 27.5 Å². The zero-order chi connectivity index (χ0) is 12.4. The second-order valence-corrected chi connectivity index (χ2v) is 5.27. The molecule has 0 bridgehead atoms. The van der Waals surface area contributed by atoms with E-state index in [2.05, 4.69) is 26.6 Å². The summed E-state index contributed by atoms with van der Waals surface area (Å²) < 4.78 is 14.2. The molecule has 0 unspecified atom stereocenters. The maximum Gasteiger partial charge on any atom is 0.229 e. The van der Waals surface area contributed by atoms with Gasteiger partial charge in [0.15, 0.2) is 0 Å². The highest BCUT2D eigenvalue weighted by Crippen LogP contribution is 2.22. The quantitative estimate of drug-likeness (QED) is 0.880. The number of carbonyl (C=O) groups is 1. The van der Waals surface area contributed by atoms with Gasteiger partial charge in [-0.3, -0.25) is 4.79 Å². The van der Waals surface area contributed by atoms with E-state index in [0.29, 0.717) is 11.0 Å². The van der Waals surface area contributed by atoms with Crippen molar-refractivity contribution in [1.29, 1.82) is 0 Å². The molecule has 17 heavy (non-hydrogen) atoms. The molecule has 2 atom stereocenters. The highest BCUT2D eigenvalue weighted by Gasteiger charge is 2.29. The SMILES string of the molecule is C[C@@H]1CNC[C@H]1C(=O)Nc1ccc(Br)cc1F. The molecule has 1 fully saturated rings. The minimum absolute atomic E-state index is 0.0851. The molecule has 1 amide bonds. The van der Waals surface area contributed by atoms with Crippen molar-refractivity contribution < 1.29 is 9.18 Å². The molecule has 0 saturated carbocycles. The first kappa shape index (κ1) is 12.5. The maximum absolute atomic E-state index is 13.5. The number of anilines is 1. The number of hydrogen-bond donors (Lipinski definition) is 2. The van der Waals surface area contributed by atoms with E-state index >= 15 is 0 Å². The van der Waals surface area contributed by atoms with Crippen LogP contribution in [0.15, 0.2) is 22.7 Å². The van der Waals surface area contributed by atoms with E-state index in [1.54, 1.807) is 12.1 Å². The van der Waals surface area contributed by atoms with Gasteiger partial charge in [0.05, 0.1) is 11.6 Å². The first-order chi connectivity index (χ1) is 8.08. The van der Waals surface area contributed by atoms with E-state index < -0.39 is 5.82 Å². The van der Waals surface area contributed by atoms with Crippen molar-refractivity contribution in [3.8, 4) is 0 Å². The Kier molecular flexibility index (Phi) is 3.79. The van der Waals surface area contributed by atoms with Gasteiger partial charge in [-0.2, -0.15) is 0 Å². The summed E-state index contributed by atoms with van der Waals surface area (Å²) >= 11 is 3.18. The molecule has 1 aliphatic rings. The van der Waals surface area contributed by atoms with Crippen LogP contribution in [0, 0.1) is 17.7 Å². The Hall–Kier alpha value is -0.940. The average Bonchev–Trinajstić information content (AvgIpc) is 2.68. The third kappa shape index (κ3) is 2.84. The molecule has 0 aliphatic carbocycles. The number of amides is 1. The Bertz CT molecular complexity index is 439. The monoisotopic (exact) mass is 300 g/mol. The lowest BCUT2D eigenvalue weighted by Gasteiger charge is -2.14. The van der Waals surface area contributed by atoms with Gasteiger partial charge in [-0.25, -0.2) is 4.39 Å². The molecular formula is C12H14BrFN2O. The van der Waals surface area contributed by atoms with E-state index in [1.807, 2.05) is 6.92 Å². The number of benzene rings is 1. The van der Waals surface area contributed by atoms with Crippen LogP contribution < -0.4 is 10.6 Å². The van der Waals surface area contributed by atoms with Crippen LogP contribution in [0.4, 0.5) is 10.1 Å². The molecular weight excluding hydrogens is 287 g/mol. The molecule has 3 nitrogen and oxygen atoms in total. The van der Waals surface area contributed by atoms with E-state index in [1.165, 1.54) is 6.07 Å². The Morgan fingerprint density at radius 3 is 2.88 bits per heavy atom. The van der Waals surface area contributed by atoms with E-state index in [9.17, 15) is 9.18 Å². The summed E-state index contributed by atoms with van der Waals surface area (Å²) in [7, 11) is 0. The van der Waals surface area contributed by atoms with Crippen LogP contribution in [-0.4, -0.2) is 19.0 Å². The van der Waals surface area contributed by atoms with Crippen molar-refractivity contribution in [2.45, 2.75) is 6.92 Å². The van der Waals surface area contributed by atoms with Crippen LogP contribution in [-0.2, 0) is 4.79 Å². The van der Waals surface area contributed by atoms with Crippen LogP contribution in [0.1, 0.15) is 6.92 Å². The van der Waals surface area contributed by atoms with Crippen molar-refractivity contribution in [1.82, 2.24) is 5.32 Å². The minimum atomic E-state index is -0.425. The third-order valence-corrected chi connectivity index (χ3v) is 3.54. The van der Waals surface area contributed by atoms with Gasteiger partial charge in [0.1, 0.15) is 5.82 Å². The highest BCUT2D eigenvalue weighted by atomic mass is 79.9. The molecule has 5 heteroatoms. The predicted octanol–water partition coefficient (Wildman–Crippen LogP) is 2.38. The standard InChI is InChI=1S/C12H14BrFN2O/c1-7-5-15-6-9(7)12(17)16-11-3-2-8(13)4-10(11)14/h2-4,7,9,15H,5-6H2,1H3,(H,16,17)/t7-,9-/m1/s1. The minimum Gasteiger partial charge on any atom is -0.323 e. The molecule has 1 saturated heterocycles. The normalized spacial score (nSPS) is 23.7. The Labute approximate surface area is 108 Å². The summed E-state index contributed by atoms with van der Waals surface area (Å²) in [6, 6.07) is 4.60. The topological polar surface area (TPSA) is 41.1 Å². The van der Waals surface area contributed by atoms with Crippen molar-refractivity contribution in [2.75, 3.05) is 18.4 Å². The first-order valence-corrected chi connectivity index (χ1v) is 6.34. The molecule has 0 spiro atoms. The van der Waals surface area contributed by atoms with Crippen LogP contribution in [0.25, 0.3) is 0 Å². The predicted molar refractivity (Wildman–Crippen MR) is 68.3 cm³/mol. The summed E-state index contributed by atoms with van der Waals surface area (Å²) in [4.78, 5) is 11.9. The van der Waals surface area contributed by atoms with E-state index in [-0.39, 0.29) is 23.4 Å². The van der Waals surface area contributed by atoms with Crippen LogP contribution in [0.3, 0.4) is 0 Å². The van der Waals surface area contributed by atoms with Crippen molar-refractivity contribution in [2.24, 2.45) is 11.8 Å². The van der Waals surface area contributed by atoms with Crippen LogP contribution in [0.2, 0.25) is 0 Å². The van der Waals surface area contributed by atoms with Crippen LogP contribution in [0.5, 0.6) is 0 Å². The lowest BCUT2D eigenvalue weighted by Crippen LogP contribution is -2.28. The van der Waals surface area contributed by atoms with Gasteiger partial charge >= 0.3 is 0 Å². The van der Waals surface area contributed by atoms with E-state index in [4.69, 9.17) is 0 Å². The number of halogens is 2. The largest absolute Gasteiger partial charge is 0.323 e. The maximum atomic E-state index is 13.5. The fourth-order valence-corrected chi connectivity index (χ4v) is 2.31. The molecule has 1 aliphatic heterocycles. The van der Waals surface area contributed by atoms with Gasteiger partial charge in [-0.05, 0) is 30.7 Å². The summed E-state index contributed by atoms with van der Waals surface area (Å²) in [6.07, 6.45) is 0. The molecule has 1 aromatic rings. The first-order valence-electron chi connectivity index (χ1n) is 5.54. The number of hydrogen-bond acceptors (Lipinski definition) is 2. The van der Waals surface area contributed by atoms with Gasteiger partial charge in [0.25, 0.3) is 0 Å². The number of carbonyl (C=O) groups excluding carboxylic acids is 1. The van der Waals surface area contributed by atoms with Gasteiger partial charge in [-0.15, -0.1) is 0 Å². The molecule has 2 rings (SSSR count). The lowest BCUT2D eigenvalue weighted by molar-refractivity contribution is -0.120. The molecule has 0 radical (unpaired) electrons. The van der Waals surface area contributed by atoms with Crippen molar-refractivity contribution in [3.05, 3.63) is 28.5 Å². The average molecular weight is 301 g/mol. The zero-order valence-corrected chi connectivity index (χ0v) is 11.1. The molecule has 1 heterocycles. The summed E-state index contributed by atoms with van der Waals surface area (Å²) in [5, 5.41) is 5.79. The van der Waals surface area contributed by atoms with Gasteiger partial charge < -0.3 is 10.6 Å². The van der Waals surface area contributed by atoms with Crippen molar-refractivity contribution in [3.63, 3.8) is 0 Å². The summed E-state index contributed by atoms with van der Waals surface area (Å²) in [5.41, 5.74) is 0.234. The molecule has 2 N–H and O–H groups in total. The Morgan fingerprint density at radius 1 is 1.53 bits per heavy atom. The smallest absolute Gasteiger partial charge is 0.229 e. The zero-order valence-electron chi connectivity index (χ0n) is 9.47. The molecule has 92 valence electrons. The van der Waals surface area contributed by atoms with Gasteiger partial charge in [-0.1, -0.05) is 22.9 Å².